The fourth-order valence-corrected chi connectivity index (χ4v) is 3.29. The van der Waals surface area contributed by atoms with Crippen molar-refractivity contribution >= 4 is 23.2 Å². The average molecular weight is 401 g/mol. The first-order valence-corrected chi connectivity index (χ1v) is 9.54. The number of benzene rings is 2. The minimum Gasteiger partial charge on any atom is -0.486 e. The highest BCUT2D eigenvalue weighted by atomic mass is 16.6. The van der Waals surface area contributed by atoms with E-state index in [-0.39, 0.29) is 6.03 Å². The number of fused-ring (bicyclic) bond motifs is 2. The van der Waals surface area contributed by atoms with Crippen LogP contribution in [0, 0.1) is 6.92 Å². The second kappa shape index (κ2) is 7.40. The smallest absolute Gasteiger partial charge is 0.323 e. The molecule has 4 aromatic rings. The molecule has 0 atom stereocenters. The van der Waals surface area contributed by atoms with Crippen molar-refractivity contribution in [1.82, 2.24) is 14.4 Å². The maximum Gasteiger partial charge on any atom is 0.323 e. The van der Waals surface area contributed by atoms with Gasteiger partial charge in [0.1, 0.15) is 13.2 Å². The average Bonchev–Trinajstić information content (AvgIpc) is 3.19. The molecule has 150 valence electrons. The van der Waals surface area contributed by atoms with Crippen molar-refractivity contribution in [3.05, 3.63) is 66.6 Å². The Kier molecular flexibility index (Phi) is 4.44. The number of anilines is 2. The highest BCUT2D eigenvalue weighted by Crippen LogP contribution is 2.32. The molecule has 0 unspecified atom stereocenters. The van der Waals surface area contributed by atoms with E-state index in [4.69, 9.17) is 9.47 Å². The van der Waals surface area contributed by atoms with Crippen LogP contribution >= 0.6 is 0 Å². The monoisotopic (exact) mass is 401 g/mol. The van der Waals surface area contributed by atoms with E-state index in [9.17, 15) is 4.79 Å². The van der Waals surface area contributed by atoms with E-state index in [2.05, 4.69) is 20.6 Å². The lowest BCUT2D eigenvalue weighted by molar-refractivity contribution is 0.171. The third-order valence-electron chi connectivity index (χ3n) is 4.82. The summed E-state index contributed by atoms with van der Waals surface area (Å²) in [5.41, 5.74) is 3.94. The molecule has 3 heterocycles. The van der Waals surface area contributed by atoms with Gasteiger partial charge in [-0.25, -0.2) is 14.8 Å². The molecule has 30 heavy (non-hydrogen) atoms. The first-order valence-electron chi connectivity index (χ1n) is 9.54. The zero-order valence-corrected chi connectivity index (χ0v) is 16.3. The predicted molar refractivity (Wildman–Crippen MR) is 113 cm³/mol. The number of rotatable bonds is 3. The molecule has 8 nitrogen and oxygen atoms in total. The van der Waals surface area contributed by atoms with Crippen LogP contribution in [0.4, 0.5) is 16.2 Å². The van der Waals surface area contributed by atoms with Crippen LogP contribution in [0.25, 0.3) is 17.0 Å². The van der Waals surface area contributed by atoms with Crippen LogP contribution in [0.5, 0.6) is 11.5 Å². The van der Waals surface area contributed by atoms with Crippen LogP contribution in [0.1, 0.15) is 5.56 Å². The number of aromatic nitrogens is 3. The van der Waals surface area contributed by atoms with Gasteiger partial charge in [0.15, 0.2) is 11.5 Å². The molecule has 1 aliphatic rings. The summed E-state index contributed by atoms with van der Waals surface area (Å²) in [7, 11) is 0. The minimum absolute atomic E-state index is 0.344. The van der Waals surface area contributed by atoms with Crippen molar-refractivity contribution in [1.29, 1.82) is 0 Å². The first-order chi connectivity index (χ1) is 14.7. The van der Waals surface area contributed by atoms with E-state index in [1.54, 1.807) is 24.4 Å². The van der Waals surface area contributed by atoms with Crippen LogP contribution in [0.15, 0.2) is 61.1 Å². The van der Waals surface area contributed by atoms with Crippen LogP contribution < -0.4 is 20.1 Å². The van der Waals surface area contributed by atoms with Crippen LogP contribution in [-0.2, 0) is 0 Å². The van der Waals surface area contributed by atoms with Gasteiger partial charge in [0.2, 0.25) is 5.78 Å². The number of carbonyl (C=O) groups excluding carboxylic acids is 1. The van der Waals surface area contributed by atoms with Gasteiger partial charge in [0, 0.05) is 41.6 Å². The lowest BCUT2D eigenvalue weighted by Crippen LogP contribution is -2.20. The number of urea groups is 1. The number of nitrogens with one attached hydrogen (secondary N) is 2. The Labute approximate surface area is 172 Å². The second-order valence-corrected chi connectivity index (χ2v) is 6.92. The molecule has 0 saturated heterocycles. The molecule has 0 spiro atoms. The number of ether oxygens (including phenoxy) is 2. The van der Waals surface area contributed by atoms with Crippen LogP contribution in [-0.4, -0.2) is 33.6 Å². The molecule has 2 aromatic heterocycles. The summed E-state index contributed by atoms with van der Waals surface area (Å²) in [6, 6.07) is 12.6. The lowest BCUT2D eigenvalue weighted by atomic mass is 10.1. The normalized spacial score (nSPS) is 12.6. The second-order valence-electron chi connectivity index (χ2n) is 6.92. The maximum absolute atomic E-state index is 12.6. The topological polar surface area (TPSA) is 89.8 Å². The first kappa shape index (κ1) is 18.0. The molecule has 2 aromatic carbocycles. The Hall–Kier alpha value is -4.07. The quantitative estimate of drug-likeness (QED) is 0.539. The molecule has 0 bridgehead atoms. The van der Waals surface area contributed by atoms with E-state index in [0.29, 0.717) is 41.9 Å². The molecule has 1 aliphatic heterocycles. The van der Waals surface area contributed by atoms with Gasteiger partial charge in [-0.05, 0) is 36.8 Å². The summed E-state index contributed by atoms with van der Waals surface area (Å²) in [6.45, 7) is 2.96. The van der Waals surface area contributed by atoms with Gasteiger partial charge in [-0.3, -0.25) is 4.40 Å². The van der Waals surface area contributed by atoms with Crippen molar-refractivity contribution in [2.75, 3.05) is 23.8 Å². The number of aryl methyl sites for hydroxylation is 1. The van der Waals surface area contributed by atoms with E-state index >= 15 is 0 Å². The third kappa shape index (κ3) is 3.50. The Morgan fingerprint density at radius 2 is 1.93 bits per heavy atom. The van der Waals surface area contributed by atoms with Crippen LogP contribution in [0.3, 0.4) is 0 Å². The Bertz CT molecular complexity index is 1220. The summed E-state index contributed by atoms with van der Waals surface area (Å²) < 4.78 is 12.9. The fraction of sp³-hybridized carbons (Fsp3) is 0.136. The predicted octanol–water partition coefficient (Wildman–Crippen LogP) is 4.12. The van der Waals surface area contributed by atoms with Gasteiger partial charge in [0.05, 0.1) is 5.69 Å². The fourth-order valence-electron chi connectivity index (χ4n) is 3.29. The zero-order chi connectivity index (χ0) is 20.5. The van der Waals surface area contributed by atoms with Crippen molar-refractivity contribution < 1.29 is 14.3 Å². The van der Waals surface area contributed by atoms with E-state index < -0.39 is 0 Å². The number of carbonyl (C=O) groups is 1. The summed E-state index contributed by atoms with van der Waals surface area (Å²) in [4.78, 5) is 21.4. The van der Waals surface area contributed by atoms with Gasteiger partial charge in [-0.2, -0.15) is 0 Å². The summed E-state index contributed by atoms with van der Waals surface area (Å²) in [6.07, 6.45) is 5.51. The Balaban J connectivity index is 1.35. The molecule has 0 fully saturated rings. The molecule has 8 heteroatoms. The van der Waals surface area contributed by atoms with E-state index in [1.165, 1.54) is 0 Å². The molecule has 2 N–H and O–H groups in total. The molecule has 2 amide bonds. The van der Waals surface area contributed by atoms with Crippen molar-refractivity contribution in [2.24, 2.45) is 0 Å². The van der Waals surface area contributed by atoms with Gasteiger partial charge in [-0.1, -0.05) is 12.1 Å². The van der Waals surface area contributed by atoms with E-state index in [1.807, 2.05) is 48.0 Å². The number of imidazole rings is 1. The molecular weight excluding hydrogens is 382 g/mol. The SMILES string of the molecule is Cc1ccc(-c2cn3cccnc3n2)cc1NC(=O)Nc1ccc2c(c1)OCCO2. The van der Waals surface area contributed by atoms with Gasteiger partial charge in [0.25, 0.3) is 0 Å². The highest BCUT2D eigenvalue weighted by molar-refractivity contribution is 6.00. The summed E-state index contributed by atoms with van der Waals surface area (Å²) in [5.74, 6) is 1.93. The standard InChI is InChI=1S/C22H19N5O3/c1-14-3-4-15(18-13-27-8-2-7-23-21(27)25-18)11-17(14)26-22(28)24-16-5-6-19-20(12-16)30-10-9-29-19/h2-8,11-13H,9-10H2,1H3,(H2,24,26,28). The molecule has 0 radical (unpaired) electrons. The van der Waals surface area contributed by atoms with E-state index in [0.717, 1.165) is 16.8 Å². The zero-order valence-electron chi connectivity index (χ0n) is 16.3. The number of hydrogen-bond donors (Lipinski definition) is 2. The largest absolute Gasteiger partial charge is 0.486 e. The van der Waals surface area contributed by atoms with Gasteiger partial charge >= 0.3 is 6.03 Å². The molecule has 0 aliphatic carbocycles. The maximum atomic E-state index is 12.6. The number of hydrogen-bond acceptors (Lipinski definition) is 5. The van der Waals surface area contributed by atoms with Gasteiger partial charge in [-0.15, -0.1) is 0 Å². The number of amides is 2. The Morgan fingerprint density at radius 1 is 1.07 bits per heavy atom. The molecule has 5 rings (SSSR count). The van der Waals surface area contributed by atoms with Crippen molar-refractivity contribution in [3.63, 3.8) is 0 Å². The minimum atomic E-state index is -0.344. The molecular formula is C22H19N5O3. The van der Waals surface area contributed by atoms with Gasteiger partial charge < -0.3 is 20.1 Å². The Morgan fingerprint density at radius 3 is 2.80 bits per heavy atom. The third-order valence-corrected chi connectivity index (χ3v) is 4.82. The van der Waals surface area contributed by atoms with Crippen molar-refractivity contribution in [3.8, 4) is 22.8 Å². The summed E-state index contributed by atoms with van der Waals surface area (Å²) >= 11 is 0. The van der Waals surface area contributed by atoms with Crippen LogP contribution in [0.2, 0.25) is 0 Å². The highest BCUT2D eigenvalue weighted by Gasteiger charge is 2.14. The number of nitrogens with zero attached hydrogens (tertiary/aromatic N) is 3. The summed E-state index contributed by atoms with van der Waals surface area (Å²) in [5, 5.41) is 5.74. The molecule has 0 saturated carbocycles. The van der Waals surface area contributed by atoms with Crippen molar-refractivity contribution in [2.45, 2.75) is 6.92 Å². The lowest BCUT2D eigenvalue weighted by Gasteiger charge is -2.19.